The Bertz CT molecular complexity index is 331. The average molecular weight is 288 g/mol. The molecule has 90 valence electrons. The maximum Gasteiger partial charge on any atom is 0.0682 e. The van der Waals surface area contributed by atoms with Gasteiger partial charge in [0.1, 0.15) is 0 Å². The molecule has 0 fully saturated rings. The van der Waals surface area contributed by atoms with Crippen molar-refractivity contribution in [1.82, 2.24) is 0 Å². The van der Waals surface area contributed by atoms with E-state index in [1.807, 2.05) is 25.2 Å². The van der Waals surface area contributed by atoms with Crippen LogP contribution >= 0.6 is 15.9 Å². The molecule has 1 rings (SSSR count). The Kier molecular flexibility index (Phi) is 5.80. The number of aliphatic hydroxyl groups excluding tert-OH is 1. The van der Waals surface area contributed by atoms with Gasteiger partial charge in [-0.2, -0.15) is 0 Å². The van der Waals surface area contributed by atoms with E-state index in [0.29, 0.717) is 0 Å². The molecule has 3 nitrogen and oxygen atoms in total. The number of nitrogens with zero attached hydrogens (tertiary/aromatic N) is 1. The Morgan fingerprint density at radius 3 is 2.75 bits per heavy atom. The Morgan fingerprint density at radius 1 is 1.44 bits per heavy atom. The molecule has 1 aromatic rings. The van der Waals surface area contributed by atoms with Gasteiger partial charge in [0, 0.05) is 31.8 Å². The van der Waals surface area contributed by atoms with Gasteiger partial charge >= 0.3 is 0 Å². The summed E-state index contributed by atoms with van der Waals surface area (Å²) >= 11 is 3.51. The summed E-state index contributed by atoms with van der Waals surface area (Å²) < 4.78 is 6.04. The SMILES string of the molecule is COCCCN(C)c1ccc(CO)cc1Br. The van der Waals surface area contributed by atoms with Gasteiger partial charge in [-0.3, -0.25) is 0 Å². The van der Waals surface area contributed by atoms with Crippen molar-refractivity contribution in [2.24, 2.45) is 0 Å². The number of benzene rings is 1. The molecule has 0 aromatic heterocycles. The van der Waals surface area contributed by atoms with Crippen LogP contribution in [-0.2, 0) is 11.3 Å². The minimum absolute atomic E-state index is 0.0757. The van der Waals surface area contributed by atoms with Gasteiger partial charge in [0.25, 0.3) is 0 Å². The molecule has 0 aliphatic heterocycles. The molecular weight excluding hydrogens is 270 g/mol. The fourth-order valence-corrected chi connectivity index (χ4v) is 2.25. The molecule has 1 N–H and O–H groups in total. The summed E-state index contributed by atoms with van der Waals surface area (Å²) in [5.41, 5.74) is 2.05. The third-order valence-corrected chi connectivity index (χ3v) is 3.08. The first kappa shape index (κ1) is 13.5. The predicted molar refractivity (Wildman–Crippen MR) is 69.8 cm³/mol. The van der Waals surface area contributed by atoms with Crippen molar-refractivity contribution in [3.63, 3.8) is 0 Å². The molecular formula is C12H18BrNO2. The first-order chi connectivity index (χ1) is 7.69. The number of halogens is 1. The van der Waals surface area contributed by atoms with Crippen molar-refractivity contribution in [3.8, 4) is 0 Å². The van der Waals surface area contributed by atoms with Gasteiger partial charge in [-0.05, 0) is 40.0 Å². The molecule has 0 aliphatic carbocycles. The third kappa shape index (κ3) is 3.77. The van der Waals surface area contributed by atoms with E-state index in [-0.39, 0.29) is 6.61 Å². The number of rotatable bonds is 6. The number of aliphatic hydroxyl groups is 1. The fourth-order valence-electron chi connectivity index (χ4n) is 1.52. The molecule has 1 aromatic carbocycles. The highest BCUT2D eigenvalue weighted by molar-refractivity contribution is 9.10. The quantitative estimate of drug-likeness (QED) is 0.816. The second-order valence-electron chi connectivity index (χ2n) is 3.71. The lowest BCUT2D eigenvalue weighted by atomic mass is 10.2. The molecule has 0 bridgehead atoms. The average Bonchev–Trinajstić information content (AvgIpc) is 2.29. The molecule has 0 saturated heterocycles. The number of ether oxygens (including phenoxy) is 1. The van der Waals surface area contributed by atoms with Gasteiger partial charge in [-0.15, -0.1) is 0 Å². The predicted octanol–water partition coefficient (Wildman–Crippen LogP) is 2.41. The van der Waals surface area contributed by atoms with Crippen molar-refractivity contribution < 1.29 is 9.84 Å². The molecule has 0 atom stereocenters. The Morgan fingerprint density at radius 2 is 2.19 bits per heavy atom. The summed E-state index contributed by atoms with van der Waals surface area (Å²) in [6.07, 6.45) is 1.00. The van der Waals surface area contributed by atoms with Crippen molar-refractivity contribution in [2.75, 3.05) is 32.2 Å². The maximum atomic E-state index is 9.01. The highest BCUT2D eigenvalue weighted by Gasteiger charge is 2.05. The van der Waals surface area contributed by atoms with E-state index in [2.05, 4.69) is 20.8 Å². The molecule has 0 spiro atoms. The Balaban J connectivity index is 2.64. The number of methoxy groups -OCH3 is 1. The maximum absolute atomic E-state index is 9.01. The van der Waals surface area contributed by atoms with Crippen LogP contribution in [0, 0.1) is 0 Å². The minimum Gasteiger partial charge on any atom is -0.392 e. The second-order valence-corrected chi connectivity index (χ2v) is 4.57. The van der Waals surface area contributed by atoms with Crippen LogP contribution in [0.15, 0.2) is 22.7 Å². The van der Waals surface area contributed by atoms with Crippen LogP contribution < -0.4 is 4.90 Å². The lowest BCUT2D eigenvalue weighted by Gasteiger charge is -2.21. The monoisotopic (exact) mass is 287 g/mol. The van der Waals surface area contributed by atoms with Crippen molar-refractivity contribution in [3.05, 3.63) is 28.2 Å². The summed E-state index contributed by atoms with van der Waals surface area (Å²) in [6.45, 7) is 1.80. The number of hydrogen-bond donors (Lipinski definition) is 1. The molecule has 0 aliphatic rings. The van der Waals surface area contributed by atoms with E-state index in [1.165, 1.54) is 0 Å². The zero-order valence-corrected chi connectivity index (χ0v) is 11.3. The summed E-state index contributed by atoms with van der Waals surface area (Å²) in [6, 6.07) is 5.90. The minimum atomic E-state index is 0.0757. The highest BCUT2D eigenvalue weighted by atomic mass is 79.9. The van der Waals surface area contributed by atoms with E-state index in [4.69, 9.17) is 9.84 Å². The van der Waals surface area contributed by atoms with Crippen LogP contribution in [0.4, 0.5) is 5.69 Å². The molecule has 0 heterocycles. The molecule has 16 heavy (non-hydrogen) atoms. The van der Waals surface area contributed by atoms with E-state index in [1.54, 1.807) is 7.11 Å². The first-order valence-corrected chi connectivity index (χ1v) is 6.07. The Labute approximate surface area is 105 Å². The second kappa shape index (κ2) is 6.89. The van der Waals surface area contributed by atoms with Crippen LogP contribution in [0.25, 0.3) is 0 Å². The van der Waals surface area contributed by atoms with E-state index in [9.17, 15) is 0 Å². The normalized spacial score (nSPS) is 10.5. The van der Waals surface area contributed by atoms with Gasteiger partial charge in [0.05, 0.1) is 12.3 Å². The van der Waals surface area contributed by atoms with Crippen LogP contribution in [0.5, 0.6) is 0 Å². The smallest absolute Gasteiger partial charge is 0.0682 e. The van der Waals surface area contributed by atoms with Gasteiger partial charge in [0.15, 0.2) is 0 Å². The van der Waals surface area contributed by atoms with Crippen LogP contribution in [0.2, 0.25) is 0 Å². The topological polar surface area (TPSA) is 32.7 Å². The third-order valence-electron chi connectivity index (χ3n) is 2.45. The molecule has 0 saturated carbocycles. The summed E-state index contributed by atoms with van der Waals surface area (Å²) in [5, 5.41) is 9.01. The van der Waals surface area contributed by atoms with Crippen molar-refractivity contribution in [2.45, 2.75) is 13.0 Å². The molecule has 0 amide bonds. The zero-order chi connectivity index (χ0) is 12.0. The summed E-state index contributed by atoms with van der Waals surface area (Å²) in [7, 11) is 3.76. The largest absolute Gasteiger partial charge is 0.392 e. The van der Waals surface area contributed by atoms with Crippen LogP contribution in [0.3, 0.4) is 0 Å². The molecule has 0 unspecified atom stereocenters. The van der Waals surface area contributed by atoms with Crippen LogP contribution in [0.1, 0.15) is 12.0 Å². The molecule has 4 heteroatoms. The van der Waals surface area contributed by atoms with E-state index in [0.717, 1.165) is 35.3 Å². The standard InChI is InChI=1S/C12H18BrNO2/c1-14(6-3-7-16-2)12-5-4-10(9-15)8-11(12)13/h4-5,8,15H,3,6-7,9H2,1-2H3. The lowest BCUT2D eigenvalue weighted by Crippen LogP contribution is -2.20. The number of anilines is 1. The molecule has 0 radical (unpaired) electrons. The van der Waals surface area contributed by atoms with Crippen molar-refractivity contribution in [1.29, 1.82) is 0 Å². The Hall–Kier alpha value is -0.580. The van der Waals surface area contributed by atoms with Gasteiger partial charge in [-0.25, -0.2) is 0 Å². The van der Waals surface area contributed by atoms with Gasteiger partial charge in [-0.1, -0.05) is 6.07 Å². The van der Waals surface area contributed by atoms with E-state index < -0.39 is 0 Å². The van der Waals surface area contributed by atoms with Crippen molar-refractivity contribution >= 4 is 21.6 Å². The first-order valence-electron chi connectivity index (χ1n) is 5.28. The number of hydrogen-bond acceptors (Lipinski definition) is 3. The fraction of sp³-hybridized carbons (Fsp3) is 0.500. The van der Waals surface area contributed by atoms with E-state index >= 15 is 0 Å². The summed E-state index contributed by atoms with van der Waals surface area (Å²) in [5.74, 6) is 0. The highest BCUT2D eigenvalue weighted by Crippen LogP contribution is 2.26. The lowest BCUT2D eigenvalue weighted by molar-refractivity contribution is 0.196. The summed E-state index contributed by atoms with van der Waals surface area (Å²) in [4.78, 5) is 2.17. The van der Waals surface area contributed by atoms with Gasteiger partial charge < -0.3 is 14.7 Å². The van der Waals surface area contributed by atoms with Crippen LogP contribution in [-0.4, -0.2) is 32.4 Å². The van der Waals surface area contributed by atoms with Gasteiger partial charge in [0.2, 0.25) is 0 Å². The zero-order valence-electron chi connectivity index (χ0n) is 9.74.